The minimum absolute atomic E-state index is 0.0888. The zero-order chi connectivity index (χ0) is 23.3. The summed E-state index contributed by atoms with van der Waals surface area (Å²) in [5.41, 5.74) is 3.79. The Labute approximate surface area is 199 Å². The quantitative estimate of drug-likeness (QED) is 0.425. The fourth-order valence-electron chi connectivity index (χ4n) is 11.2. The number of fused-ring (bicyclic) bond motifs is 2. The van der Waals surface area contributed by atoms with Crippen LogP contribution >= 0.6 is 0 Å². The predicted octanol–water partition coefficient (Wildman–Crippen LogP) is 8.41. The largest absolute Gasteiger partial charge is 0.393 e. The summed E-state index contributed by atoms with van der Waals surface area (Å²) in [6, 6.07) is 0. The van der Waals surface area contributed by atoms with Crippen molar-refractivity contribution in [1.29, 1.82) is 0 Å². The first-order valence-electron chi connectivity index (χ1n) is 14.2. The highest BCUT2D eigenvalue weighted by Crippen LogP contribution is 2.89. The molecule has 0 aliphatic heterocycles. The maximum absolute atomic E-state index is 10.9. The molecule has 5 aliphatic rings. The molecule has 0 heterocycles. The highest BCUT2D eigenvalue weighted by atomic mass is 16.3. The van der Waals surface area contributed by atoms with Crippen molar-refractivity contribution in [3.05, 3.63) is 12.2 Å². The lowest BCUT2D eigenvalue weighted by Crippen LogP contribution is -2.57. The second-order valence-corrected chi connectivity index (χ2v) is 14.9. The van der Waals surface area contributed by atoms with Crippen molar-refractivity contribution >= 4 is 0 Å². The van der Waals surface area contributed by atoms with Crippen LogP contribution in [0.25, 0.3) is 0 Å². The minimum Gasteiger partial charge on any atom is -0.393 e. The molecule has 0 aromatic carbocycles. The topological polar surface area (TPSA) is 20.2 Å². The molecule has 32 heavy (non-hydrogen) atoms. The SMILES string of the molecule is C=C(CC[C@@H](C)[C@H]1CC[C@@]2(C)[C@H]3CC[C@@H]4C(C)(C)[C@@H](O)CC[C@@]45C[C@@]35CC[C@]12C)C(C)C. The molecule has 0 unspecified atom stereocenters. The Morgan fingerprint density at radius 1 is 0.844 bits per heavy atom. The van der Waals surface area contributed by atoms with Gasteiger partial charge in [0.15, 0.2) is 0 Å². The van der Waals surface area contributed by atoms with E-state index in [0.29, 0.717) is 27.6 Å². The van der Waals surface area contributed by atoms with Crippen molar-refractivity contribution in [2.24, 2.45) is 56.7 Å². The molecule has 1 N–H and O–H groups in total. The molecule has 0 radical (unpaired) electrons. The Kier molecular flexibility index (Phi) is 5.21. The Bertz CT molecular complexity index is 779. The summed E-state index contributed by atoms with van der Waals surface area (Å²) in [6.45, 7) is 21.8. The Morgan fingerprint density at radius 2 is 1.50 bits per heavy atom. The van der Waals surface area contributed by atoms with Gasteiger partial charge in [-0.2, -0.15) is 0 Å². The molecule has 1 heteroatoms. The second-order valence-electron chi connectivity index (χ2n) is 14.9. The van der Waals surface area contributed by atoms with Crippen LogP contribution in [0.15, 0.2) is 12.2 Å². The highest BCUT2D eigenvalue weighted by Gasteiger charge is 2.82. The van der Waals surface area contributed by atoms with Crippen LogP contribution in [0.5, 0.6) is 0 Å². The number of rotatable bonds is 5. The van der Waals surface area contributed by atoms with E-state index in [1.807, 2.05) is 0 Å². The fraction of sp³-hybridized carbons (Fsp3) is 0.935. The van der Waals surface area contributed by atoms with E-state index in [0.717, 1.165) is 30.1 Å². The third-order valence-electron chi connectivity index (χ3n) is 13.6. The van der Waals surface area contributed by atoms with E-state index >= 15 is 0 Å². The van der Waals surface area contributed by atoms with Crippen LogP contribution in [0.2, 0.25) is 0 Å². The molecule has 182 valence electrons. The van der Waals surface area contributed by atoms with Crippen LogP contribution in [0, 0.1) is 56.7 Å². The maximum Gasteiger partial charge on any atom is 0.0594 e. The van der Waals surface area contributed by atoms with E-state index in [-0.39, 0.29) is 11.5 Å². The summed E-state index contributed by atoms with van der Waals surface area (Å²) in [6.07, 6.45) is 15.0. The molecule has 0 saturated heterocycles. The monoisotopic (exact) mass is 440 g/mol. The summed E-state index contributed by atoms with van der Waals surface area (Å²) >= 11 is 0. The number of aliphatic hydroxyl groups excluding tert-OH is 1. The predicted molar refractivity (Wildman–Crippen MR) is 135 cm³/mol. The van der Waals surface area contributed by atoms with Gasteiger partial charge in [-0.1, -0.05) is 60.6 Å². The van der Waals surface area contributed by atoms with Crippen molar-refractivity contribution < 1.29 is 5.11 Å². The first kappa shape index (κ1) is 23.4. The molecule has 5 rings (SSSR count). The lowest BCUT2D eigenvalue weighted by molar-refractivity contribution is -0.161. The van der Waals surface area contributed by atoms with Gasteiger partial charge in [-0.25, -0.2) is 0 Å². The van der Waals surface area contributed by atoms with Crippen molar-refractivity contribution in [3.8, 4) is 0 Å². The molecule has 1 nitrogen and oxygen atoms in total. The zero-order valence-corrected chi connectivity index (χ0v) is 22.4. The Balaban J connectivity index is 1.39. The van der Waals surface area contributed by atoms with E-state index in [2.05, 4.69) is 55.0 Å². The minimum atomic E-state index is -0.0888. The summed E-state index contributed by atoms with van der Waals surface area (Å²) in [5, 5.41) is 10.9. The molecular weight excluding hydrogens is 388 g/mol. The smallest absolute Gasteiger partial charge is 0.0594 e. The van der Waals surface area contributed by atoms with Crippen LogP contribution in [-0.2, 0) is 0 Å². The third-order valence-corrected chi connectivity index (χ3v) is 13.6. The molecule has 0 bridgehead atoms. The van der Waals surface area contributed by atoms with Crippen molar-refractivity contribution in [2.75, 3.05) is 0 Å². The van der Waals surface area contributed by atoms with Gasteiger partial charge >= 0.3 is 0 Å². The third kappa shape index (κ3) is 2.73. The zero-order valence-electron chi connectivity index (χ0n) is 22.4. The summed E-state index contributed by atoms with van der Waals surface area (Å²) < 4.78 is 0. The van der Waals surface area contributed by atoms with Crippen LogP contribution in [-0.4, -0.2) is 11.2 Å². The molecule has 5 saturated carbocycles. The van der Waals surface area contributed by atoms with Crippen LogP contribution in [0.1, 0.15) is 119 Å². The van der Waals surface area contributed by atoms with Gasteiger partial charge in [-0.15, -0.1) is 0 Å². The van der Waals surface area contributed by atoms with Gasteiger partial charge in [0.2, 0.25) is 0 Å². The van der Waals surface area contributed by atoms with Crippen molar-refractivity contribution in [2.45, 2.75) is 125 Å². The van der Waals surface area contributed by atoms with E-state index in [4.69, 9.17) is 0 Å². The Hall–Kier alpha value is -0.300. The van der Waals surface area contributed by atoms with Gasteiger partial charge in [0.05, 0.1) is 6.10 Å². The van der Waals surface area contributed by atoms with Crippen LogP contribution in [0.3, 0.4) is 0 Å². The maximum atomic E-state index is 10.9. The van der Waals surface area contributed by atoms with E-state index in [9.17, 15) is 5.11 Å². The number of hydrogen-bond acceptors (Lipinski definition) is 1. The van der Waals surface area contributed by atoms with Gasteiger partial charge < -0.3 is 5.11 Å². The molecule has 5 aliphatic carbocycles. The lowest BCUT2D eigenvalue weighted by Gasteiger charge is -2.63. The fourth-order valence-corrected chi connectivity index (χ4v) is 11.2. The van der Waals surface area contributed by atoms with Gasteiger partial charge in [0, 0.05) is 0 Å². The van der Waals surface area contributed by atoms with E-state index in [1.54, 1.807) is 0 Å². The highest BCUT2D eigenvalue weighted by molar-refractivity contribution is 5.30. The average Bonchev–Trinajstić information content (AvgIpc) is 3.31. The molecule has 0 aromatic rings. The van der Waals surface area contributed by atoms with Crippen LogP contribution in [0.4, 0.5) is 0 Å². The molecule has 0 amide bonds. The number of aliphatic hydroxyl groups is 1. The first-order chi connectivity index (χ1) is 14.9. The summed E-state index contributed by atoms with van der Waals surface area (Å²) in [7, 11) is 0. The molecule has 0 aromatic heterocycles. The van der Waals surface area contributed by atoms with E-state index in [1.165, 1.54) is 69.8 Å². The van der Waals surface area contributed by atoms with Gasteiger partial charge in [0.25, 0.3) is 0 Å². The average molecular weight is 441 g/mol. The molecular formula is C31H52O. The lowest BCUT2D eigenvalue weighted by atomic mass is 9.41. The summed E-state index contributed by atoms with van der Waals surface area (Å²) in [5.74, 6) is 4.02. The van der Waals surface area contributed by atoms with E-state index < -0.39 is 0 Å². The Morgan fingerprint density at radius 3 is 2.19 bits per heavy atom. The van der Waals surface area contributed by atoms with Crippen molar-refractivity contribution in [3.63, 3.8) is 0 Å². The normalized spacial score (nSPS) is 51.9. The van der Waals surface area contributed by atoms with Gasteiger partial charge in [-0.05, 0) is 127 Å². The number of allylic oxidation sites excluding steroid dienone is 1. The molecule has 2 spiro atoms. The first-order valence-corrected chi connectivity index (χ1v) is 14.2. The summed E-state index contributed by atoms with van der Waals surface area (Å²) in [4.78, 5) is 0. The van der Waals surface area contributed by atoms with Crippen LogP contribution < -0.4 is 0 Å². The second kappa shape index (κ2) is 7.11. The van der Waals surface area contributed by atoms with Gasteiger partial charge in [0.1, 0.15) is 0 Å². The number of hydrogen-bond donors (Lipinski definition) is 1. The standard InChI is InChI=1S/C31H52O/c1-20(2)21(3)9-10-22(4)23-13-15-29(8)25-12-11-24-27(5,6)26(32)14-16-30(24)19-31(25,30)18-17-28(23,29)7/h20,22-26,32H,3,9-19H2,1-2,4-8H3/t22-,23-,24-,25-,26+,28-,29+,30-,31+/m1/s1. The van der Waals surface area contributed by atoms with Crippen molar-refractivity contribution in [1.82, 2.24) is 0 Å². The van der Waals surface area contributed by atoms with Gasteiger partial charge in [-0.3, -0.25) is 0 Å². The molecule has 9 atom stereocenters. The molecule has 5 fully saturated rings.